The molecule has 0 radical (unpaired) electrons. The van der Waals surface area contributed by atoms with Gasteiger partial charge in [-0.05, 0) is 52.7 Å². The Balaban J connectivity index is 1.74. The van der Waals surface area contributed by atoms with Crippen molar-refractivity contribution in [2.45, 2.75) is 17.4 Å². The predicted octanol–water partition coefficient (Wildman–Crippen LogP) is 3.48. The van der Waals surface area contributed by atoms with Crippen molar-refractivity contribution in [1.82, 2.24) is 9.29 Å². The summed E-state index contributed by atoms with van der Waals surface area (Å²) in [6.07, 6.45) is 1.84. The van der Waals surface area contributed by atoms with E-state index in [4.69, 9.17) is 16.3 Å². The Morgan fingerprint density at radius 3 is 2.88 bits per heavy atom. The number of sulfonamides is 1. The summed E-state index contributed by atoms with van der Waals surface area (Å²) < 4.78 is 46.3. The first-order chi connectivity index (χ1) is 11.4. The highest BCUT2D eigenvalue weighted by Gasteiger charge is 2.34. The van der Waals surface area contributed by atoms with Gasteiger partial charge in [0, 0.05) is 12.7 Å². The quantitative estimate of drug-likeness (QED) is 0.738. The molecule has 1 fully saturated rings. The highest BCUT2D eigenvalue weighted by atomic mass is 79.9. The van der Waals surface area contributed by atoms with Crippen LogP contribution in [0.3, 0.4) is 0 Å². The second kappa shape index (κ2) is 6.95. The molecule has 1 aromatic heterocycles. The maximum atomic E-state index is 13.2. The Morgan fingerprint density at radius 1 is 1.38 bits per heavy atom. The van der Waals surface area contributed by atoms with Crippen LogP contribution in [0, 0.1) is 5.82 Å². The highest BCUT2D eigenvalue weighted by Crippen LogP contribution is 2.28. The van der Waals surface area contributed by atoms with Crippen LogP contribution in [0.5, 0.6) is 5.88 Å². The van der Waals surface area contributed by atoms with Gasteiger partial charge in [0.1, 0.15) is 11.9 Å². The molecule has 9 heteroatoms. The van der Waals surface area contributed by atoms with Crippen LogP contribution in [0.15, 0.2) is 45.9 Å². The van der Waals surface area contributed by atoms with Crippen LogP contribution in [0.25, 0.3) is 0 Å². The van der Waals surface area contributed by atoms with Crippen molar-refractivity contribution in [2.24, 2.45) is 0 Å². The van der Waals surface area contributed by atoms with Gasteiger partial charge in [0.25, 0.3) is 0 Å². The average molecular weight is 436 g/mol. The Bertz CT molecular complexity index is 866. The second-order valence-electron chi connectivity index (χ2n) is 5.26. The number of nitrogens with zero attached hydrogens (tertiary/aromatic N) is 2. The second-order valence-corrected chi connectivity index (χ2v) is 8.46. The highest BCUT2D eigenvalue weighted by molar-refractivity contribution is 9.10. The van der Waals surface area contributed by atoms with E-state index in [1.54, 1.807) is 18.3 Å². The van der Waals surface area contributed by atoms with Gasteiger partial charge >= 0.3 is 0 Å². The van der Waals surface area contributed by atoms with Crippen LogP contribution < -0.4 is 4.74 Å². The molecule has 0 saturated carbocycles. The molecule has 128 valence electrons. The maximum absolute atomic E-state index is 13.2. The summed E-state index contributed by atoms with van der Waals surface area (Å²) in [4.78, 5) is 4.08. The van der Waals surface area contributed by atoms with Crippen molar-refractivity contribution in [2.75, 3.05) is 13.1 Å². The van der Waals surface area contributed by atoms with Gasteiger partial charge in [-0.1, -0.05) is 11.6 Å². The largest absolute Gasteiger partial charge is 0.472 e. The molecule has 0 N–H and O–H groups in total. The van der Waals surface area contributed by atoms with Crippen molar-refractivity contribution in [1.29, 1.82) is 0 Å². The van der Waals surface area contributed by atoms with Gasteiger partial charge in [0.15, 0.2) is 0 Å². The third-order valence-electron chi connectivity index (χ3n) is 3.64. The summed E-state index contributed by atoms with van der Waals surface area (Å²) >= 11 is 9.02. The summed E-state index contributed by atoms with van der Waals surface area (Å²) in [6, 6.07) is 6.94. The van der Waals surface area contributed by atoms with E-state index in [9.17, 15) is 12.8 Å². The van der Waals surface area contributed by atoms with Crippen molar-refractivity contribution in [3.05, 3.63) is 51.8 Å². The molecule has 5 nitrogen and oxygen atoms in total. The van der Waals surface area contributed by atoms with Gasteiger partial charge in [-0.2, -0.15) is 4.31 Å². The molecule has 3 rings (SSSR count). The molecule has 1 aliphatic rings. The van der Waals surface area contributed by atoms with E-state index in [0.717, 1.165) is 12.1 Å². The fraction of sp³-hybridized carbons (Fsp3) is 0.267. The topological polar surface area (TPSA) is 59.5 Å². The standard InChI is InChI=1S/C15H13BrClFN2O3S/c16-12-2-1-6-19-15(12)23-10-5-7-20(9-10)24(21,22)11-3-4-14(18)13(17)8-11/h1-4,6,8,10H,5,7,9H2. The molecule has 24 heavy (non-hydrogen) atoms. The number of ether oxygens (including phenoxy) is 1. The van der Waals surface area contributed by atoms with Gasteiger partial charge in [0.2, 0.25) is 15.9 Å². The van der Waals surface area contributed by atoms with E-state index in [-0.39, 0.29) is 22.6 Å². The van der Waals surface area contributed by atoms with Crippen LogP contribution in [0.4, 0.5) is 4.39 Å². The molecule has 2 aromatic rings. The minimum atomic E-state index is -3.74. The van der Waals surface area contributed by atoms with Crippen LogP contribution >= 0.6 is 27.5 Å². The first-order valence-corrected chi connectivity index (χ1v) is 9.71. The summed E-state index contributed by atoms with van der Waals surface area (Å²) in [7, 11) is -3.74. The number of hydrogen-bond acceptors (Lipinski definition) is 4. The molecule has 0 bridgehead atoms. The Labute approximate surface area is 152 Å². The van der Waals surface area contributed by atoms with E-state index in [2.05, 4.69) is 20.9 Å². The molecule has 1 aromatic carbocycles. The summed E-state index contributed by atoms with van der Waals surface area (Å²) in [6.45, 7) is 0.507. The molecule has 0 amide bonds. The van der Waals surface area contributed by atoms with Gasteiger partial charge in [0.05, 0.1) is 20.9 Å². The van der Waals surface area contributed by atoms with E-state index >= 15 is 0 Å². The molecule has 0 aliphatic carbocycles. The Kier molecular flexibility index (Phi) is 5.10. The van der Waals surface area contributed by atoms with Crippen molar-refractivity contribution < 1.29 is 17.5 Å². The lowest BCUT2D eigenvalue weighted by Gasteiger charge is -2.17. The minimum absolute atomic E-state index is 0.0337. The Hall–Kier alpha value is -1.22. The predicted molar refractivity (Wildman–Crippen MR) is 91.1 cm³/mol. The smallest absolute Gasteiger partial charge is 0.243 e. The average Bonchev–Trinajstić information content (AvgIpc) is 3.01. The number of benzene rings is 1. The molecule has 1 atom stereocenters. The van der Waals surface area contributed by atoms with Crippen molar-refractivity contribution in [3.8, 4) is 5.88 Å². The third kappa shape index (κ3) is 3.56. The summed E-state index contributed by atoms with van der Waals surface area (Å²) in [5.41, 5.74) is 0. The molecular formula is C15H13BrClFN2O3S. The summed E-state index contributed by atoms with van der Waals surface area (Å²) in [5, 5.41) is -0.222. The van der Waals surface area contributed by atoms with E-state index in [0.29, 0.717) is 23.3 Å². The first kappa shape index (κ1) is 17.6. The monoisotopic (exact) mass is 434 g/mol. The van der Waals surface area contributed by atoms with Crippen LogP contribution in [0.1, 0.15) is 6.42 Å². The van der Waals surface area contributed by atoms with Gasteiger partial charge in [-0.15, -0.1) is 0 Å². The number of pyridine rings is 1. The van der Waals surface area contributed by atoms with Crippen molar-refractivity contribution in [3.63, 3.8) is 0 Å². The number of hydrogen-bond donors (Lipinski definition) is 0. The molecule has 1 unspecified atom stereocenters. The Morgan fingerprint density at radius 2 is 2.17 bits per heavy atom. The van der Waals surface area contributed by atoms with Crippen LogP contribution in [-0.4, -0.2) is 36.9 Å². The molecule has 2 heterocycles. The molecular weight excluding hydrogens is 423 g/mol. The zero-order chi connectivity index (χ0) is 17.3. The lowest BCUT2D eigenvalue weighted by Crippen LogP contribution is -2.31. The lowest BCUT2D eigenvalue weighted by molar-refractivity contribution is 0.205. The minimum Gasteiger partial charge on any atom is -0.472 e. The number of rotatable bonds is 4. The van der Waals surface area contributed by atoms with E-state index in [1.807, 2.05) is 0 Å². The molecule has 1 aliphatic heterocycles. The lowest BCUT2D eigenvalue weighted by atomic mass is 10.3. The first-order valence-electron chi connectivity index (χ1n) is 7.10. The van der Waals surface area contributed by atoms with Gasteiger partial charge in [-0.25, -0.2) is 17.8 Å². The third-order valence-corrected chi connectivity index (χ3v) is 6.39. The normalized spacial score (nSPS) is 18.7. The van der Waals surface area contributed by atoms with E-state index < -0.39 is 15.8 Å². The molecule has 1 saturated heterocycles. The maximum Gasteiger partial charge on any atom is 0.243 e. The fourth-order valence-electron chi connectivity index (χ4n) is 2.41. The number of halogens is 3. The van der Waals surface area contributed by atoms with Crippen LogP contribution in [-0.2, 0) is 10.0 Å². The van der Waals surface area contributed by atoms with E-state index in [1.165, 1.54) is 10.4 Å². The zero-order valence-electron chi connectivity index (χ0n) is 12.3. The zero-order valence-corrected chi connectivity index (χ0v) is 15.5. The summed E-state index contributed by atoms with van der Waals surface area (Å²) in [5.74, 6) is -0.232. The van der Waals surface area contributed by atoms with Crippen LogP contribution in [0.2, 0.25) is 5.02 Å². The molecule has 0 spiro atoms. The SMILES string of the molecule is O=S(=O)(c1ccc(F)c(Cl)c1)N1CCC(Oc2ncccc2Br)C1. The van der Waals surface area contributed by atoms with Gasteiger partial charge in [-0.3, -0.25) is 0 Å². The number of aromatic nitrogens is 1. The van der Waals surface area contributed by atoms with Gasteiger partial charge < -0.3 is 4.74 Å². The fourth-order valence-corrected chi connectivity index (χ4v) is 4.52. The van der Waals surface area contributed by atoms with Crippen molar-refractivity contribution >= 4 is 37.6 Å².